The second-order valence-corrected chi connectivity index (χ2v) is 7.01. The largest absolute Gasteiger partial charge is 0.379 e. The van der Waals surface area contributed by atoms with E-state index in [0.717, 1.165) is 49.8 Å². The molecule has 0 radical (unpaired) electrons. The zero-order valence-corrected chi connectivity index (χ0v) is 17.1. The van der Waals surface area contributed by atoms with Crippen molar-refractivity contribution < 1.29 is 14.3 Å². The van der Waals surface area contributed by atoms with Crippen molar-refractivity contribution in [1.82, 2.24) is 16.0 Å². The molecular weight excluding hydrogens is 358 g/mol. The first-order chi connectivity index (χ1) is 13.6. The Morgan fingerprint density at radius 2 is 2.07 bits per heavy atom. The number of rotatable bonds is 9. The summed E-state index contributed by atoms with van der Waals surface area (Å²) in [5.74, 6) is 0.753. The highest BCUT2D eigenvalue weighted by molar-refractivity contribution is 5.89. The lowest BCUT2D eigenvalue weighted by atomic mass is 10.2. The van der Waals surface area contributed by atoms with Crippen LogP contribution in [-0.4, -0.2) is 57.5 Å². The number of nitrogens with zero attached hydrogens (tertiary/aromatic N) is 1. The fourth-order valence-electron chi connectivity index (χ4n) is 2.71. The van der Waals surface area contributed by atoms with Crippen LogP contribution in [0, 0.1) is 0 Å². The van der Waals surface area contributed by atoms with Crippen LogP contribution >= 0.6 is 0 Å². The lowest BCUT2D eigenvalue weighted by Crippen LogP contribution is -2.37. The second kappa shape index (κ2) is 12.2. The van der Waals surface area contributed by atoms with Gasteiger partial charge in [-0.2, -0.15) is 0 Å². The molecule has 2 rings (SSSR count). The van der Waals surface area contributed by atoms with E-state index in [0.29, 0.717) is 13.2 Å². The van der Waals surface area contributed by atoms with Crippen LogP contribution in [0.15, 0.2) is 29.3 Å². The molecule has 1 fully saturated rings. The Hall–Kier alpha value is -2.32. The number of ether oxygens (including phenoxy) is 2. The van der Waals surface area contributed by atoms with Gasteiger partial charge in [-0.25, -0.2) is 4.79 Å². The van der Waals surface area contributed by atoms with E-state index < -0.39 is 0 Å². The van der Waals surface area contributed by atoms with Crippen molar-refractivity contribution in [3.8, 4) is 0 Å². The van der Waals surface area contributed by atoms with Crippen LogP contribution in [0.3, 0.4) is 0 Å². The van der Waals surface area contributed by atoms with Gasteiger partial charge < -0.3 is 30.7 Å². The molecule has 1 atom stereocenters. The summed E-state index contributed by atoms with van der Waals surface area (Å²) in [6, 6.07) is 7.63. The minimum absolute atomic E-state index is 0.103. The SMILES string of the molecule is CN=C(NCCCOC1CCOC1)NCc1ccc(NC(=O)NC(C)C)cc1. The van der Waals surface area contributed by atoms with Crippen LogP contribution in [0.1, 0.15) is 32.3 Å². The number of carbonyl (C=O) groups excluding carboxylic acids is 1. The summed E-state index contributed by atoms with van der Waals surface area (Å²) in [4.78, 5) is 15.9. The molecule has 1 heterocycles. The summed E-state index contributed by atoms with van der Waals surface area (Å²) in [6.07, 6.45) is 2.16. The molecule has 156 valence electrons. The van der Waals surface area contributed by atoms with E-state index >= 15 is 0 Å². The van der Waals surface area contributed by atoms with E-state index in [-0.39, 0.29) is 18.2 Å². The molecule has 0 bridgehead atoms. The molecule has 0 saturated carbocycles. The summed E-state index contributed by atoms with van der Waals surface area (Å²) < 4.78 is 11.0. The summed E-state index contributed by atoms with van der Waals surface area (Å²) in [7, 11) is 1.75. The van der Waals surface area contributed by atoms with E-state index in [4.69, 9.17) is 9.47 Å². The van der Waals surface area contributed by atoms with Gasteiger partial charge in [-0.05, 0) is 44.4 Å². The Bertz CT molecular complexity index is 613. The maximum absolute atomic E-state index is 11.7. The standard InChI is InChI=1S/C20H33N5O3/c1-15(2)24-20(26)25-17-7-5-16(6-8-17)13-23-19(21-3)22-10-4-11-28-18-9-12-27-14-18/h5-8,15,18H,4,9-14H2,1-3H3,(H2,21,22,23)(H2,24,25,26). The molecule has 1 aliphatic rings. The van der Waals surface area contributed by atoms with Gasteiger partial charge in [-0.3, -0.25) is 4.99 Å². The zero-order valence-electron chi connectivity index (χ0n) is 17.1. The molecule has 28 heavy (non-hydrogen) atoms. The molecule has 2 amide bonds. The molecule has 1 aromatic rings. The Morgan fingerprint density at radius 1 is 1.29 bits per heavy atom. The van der Waals surface area contributed by atoms with Crippen molar-refractivity contribution in [2.24, 2.45) is 4.99 Å². The first kappa shape index (κ1) is 22.0. The number of amides is 2. The quantitative estimate of drug-likeness (QED) is 0.294. The lowest BCUT2D eigenvalue weighted by molar-refractivity contribution is 0.0420. The van der Waals surface area contributed by atoms with E-state index in [1.54, 1.807) is 7.05 Å². The van der Waals surface area contributed by atoms with E-state index in [1.165, 1.54) is 0 Å². The van der Waals surface area contributed by atoms with E-state index in [9.17, 15) is 4.79 Å². The second-order valence-electron chi connectivity index (χ2n) is 7.01. The molecule has 0 aliphatic carbocycles. The summed E-state index contributed by atoms with van der Waals surface area (Å²) >= 11 is 0. The van der Waals surface area contributed by atoms with Gasteiger partial charge in [0, 0.05) is 45.1 Å². The van der Waals surface area contributed by atoms with E-state index in [2.05, 4.69) is 26.3 Å². The monoisotopic (exact) mass is 391 g/mol. The normalized spacial score (nSPS) is 16.9. The third-order valence-electron chi connectivity index (χ3n) is 4.17. The number of nitrogens with one attached hydrogen (secondary N) is 4. The van der Waals surface area contributed by atoms with Crippen LogP contribution in [0.4, 0.5) is 10.5 Å². The molecule has 1 saturated heterocycles. The number of urea groups is 1. The van der Waals surface area contributed by atoms with Gasteiger partial charge in [-0.15, -0.1) is 0 Å². The fraction of sp³-hybridized carbons (Fsp3) is 0.600. The average Bonchev–Trinajstić information content (AvgIpc) is 3.18. The van der Waals surface area contributed by atoms with Crippen LogP contribution in [0.2, 0.25) is 0 Å². The highest BCUT2D eigenvalue weighted by Gasteiger charge is 2.15. The maximum Gasteiger partial charge on any atom is 0.319 e. The number of hydrogen-bond donors (Lipinski definition) is 4. The van der Waals surface area contributed by atoms with Gasteiger partial charge in [0.1, 0.15) is 0 Å². The van der Waals surface area contributed by atoms with Crippen LogP contribution in [-0.2, 0) is 16.0 Å². The van der Waals surface area contributed by atoms with Crippen LogP contribution in [0.5, 0.6) is 0 Å². The van der Waals surface area contributed by atoms with Crippen LogP contribution in [0.25, 0.3) is 0 Å². The Balaban J connectivity index is 1.63. The number of carbonyl (C=O) groups is 1. The van der Waals surface area contributed by atoms with Crippen molar-refractivity contribution in [2.75, 3.05) is 38.7 Å². The van der Waals surface area contributed by atoms with Gasteiger partial charge in [0.2, 0.25) is 0 Å². The van der Waals surface area contributed by atoms with E-state index in [1.807, 2.05) is 38.1 Å². The van der Waals surface area contributed by atoms with Gasteiger partial charge in [0.25, 0.3) is 0 Å². The van der Waals surface area contributed by atoms with Crippen molar-refractivity contribution >= 4 is 17.7 Å². The molecule has 0 aromatic heterocycles. The molecule has 1 unspecified atom stereocenters. The zero-order chi connectivity index (χ0) is 20.2. The summed E-state index contributed by atoms with van der Waals surface area (Å²) in [6.45, 7) is 7.53. The van der Waals surface area contributed by atoms with Gasteiger partial charge in [0.05, 0.1) is 12.7 Å². The van der Waals surface area contributed by atoms with Gasteiger partial charge in [-0.1, -0.05) is 12.1 Å². The molecule has 1 aromatic carbocycles. The number of benzene rings is 1. The molecular formula is C20H33N5O3. The number of anilines is 1. The highest BCUT2D eigenvalue weighted by Crippen LogP contribution is 2.09. The molecule has 4 N–H and O–H groups in total. The average molecular weight is 392 g/mol. The Morgan fingerprint density at radius 3 is 2.71 bits per heavy atom. The fourth-order valence-corrected chi connectivity index (χ4v) is 2.71. The molecule has 1 aliphatic heterocycles. The summed E-state index contributed by atoms with van der Waals surface area (Å²) in [5.41, 5.74) is 1.86. The van der Waals surface area contributed by atoms with Crippen molar-refractivity contribution in [1.29, 1.82) is 0 Å². The van der Waals surface area contributed by atoms with Crippen molar-refractivity contribution in [3.63, 3.8) is 0 Å². The number of hydrogen-bond acceptors (Lipinski definition) is 4. The lowest BCUT2D eigenvalue weighted by Gasteiger charge is -2.14. The van der Waals surface area contributed by atoms with Crippen molar-refractivity contribution in [2.45, 2.75) is 45.4 Å². The van der Waals surface area contributed by atoms with Crippen LogP contribution < -0.4 is 21.3 Å². The Kier molecular flexibility index (Phi) is 9.57. The summed E-state index contributed by atoms with van der Waals surface area (Å²) in [5, 5.41) is 12.2. The number of aliphatic imine (C=N–C) groups is 1. The predicted octanol–water partition coefficient (Wildman–Crippen LogP) is 2.08. The predicted molar refractivity (Wildman–Crippen MR) is 112 cm³/mol. The third-order valence-corrected chi connectivity index (χ3v) is 4.17. The first-order valence-corrected chi connectivity index (χ1v) is 9.87. The number of guanidine groups is 1. The van der Waals surface area contributed by atoms with Gasteiger partial charge in [0.15, 0.2) is 5.96 Å². The molecule has 8 nitrogen and oxygen atoms in total. The highest BCUT2D eigenvalue weighted by atomic mass is 16.5. The smallest absolute Gasteiger partial charge is 0.319 e. The maximum atomic E-state index is 11.7. The minimum Gasteiger partial charge on any atom is -0.379 e. The third kappa shape index (κ3) is 8.58. The molecule has 0 spiro atoms. The minimum atomic E-state index is -0.199. The topological polar surface area (TPSA) is 96.0 Å². The Labute approximate surface area is 167 Å². The van der Waals surface area contributed by atoms with Crippen molar-refractivity contribution in [3.05, 3.63) is 29.8 Å². The molecule has 8 heteroatoms. The van der Waals surface area contributed by atoms with Gasteiger partial charge >= 0.3 is 6.03 Å². The first-order valence-electron chi connectivity index (χ1n) is 9.87.